The van der Waals surface area contributed by atoms with Crippen LogP contribution in [0.2, 0.25) is 0 Å². The lowest BCUT2D eigenvalue weighted by atomic mass is 10.00. The number of ether oxygens (including phenoxy) is 1. The van der Waals surface area contributed by atoms with Crippen molar-refractivity contribution in [2.24, 2.45) is 5.92 Å². The first-order valence-electron chi connectivity index (χ1n) is 11.6. The van der Waals surface area contributed by atoms with Gasteiger partial charge < -0.3 is 14.5 Å². The van der Waals surface area contributed by atoms with Crippen LogP contribution < -0.4 is 4.74 Å². The molecule has 1 aromatic heterocycles. The summed E-state index contributed by atoms with van der Waals surface area (Å²) in [5, 5.41) is 2.05. The average Bonchev–Trinajstić information content (AvgIpc) is 3.27. The van der Waals surface area contributed by atoms with Gasteiger partial charge in [0.2, 0.25) is 11.8 Å². The summed E-state index contributed by atoms with van der Waals surface area (Å²) in [6.07, 6.45) is 6.91. The van der Waals surface area contributed by atoms with Gasteiger partial charge in [-0.15, -0.1) is 11.3 Å². The number of fused-ring (bicyclic) bond motifs is 1. The molecule has 1 aliphatic heterocycles. The molecule has 1 atom stereocenters. The Morgan fingerprint density at radius 3 is 2.72 bits per heavy atom. The molecule has 2 heterocycles. The van der Waals surface area contributed by atoms with Crippen molar-refractivity contribution in [3.63, 3.8) is 0 Å². The SMILES string of the molecule is O=C(C1CCCC1)N(CC(=O)N1CCc2sccc2C1COc1cccc(F)c1)C1CC1. The molecule has 0 spiro atoms. The van der Waals surface area contributed by atoms with E-state index in [0.717, 1.165) is 50.5 Å². The smallest absolute Gasteiger partial charge is 0.242 e. The molecule has 0 bridgehead atoms. The van der Waals surface area contributed by atoms with Crippen LogP contribution in [-0.4, -0.2) is 47.4 Å². The number of thiophene rings is 1. The van der Waals surface area contributed by atoms with Gasteiger partial charge in [0.05, 0.1) is 6.04 Å². The molecular formula is C25H29FN2O3S. The minimum Gasteiger partial charge on any atom is -0.491 e. The summed E-state index contributed by atoms with van der Waals surface area (Å²) in [5.41, 5.74) is 1.10. The minimum absolute atomic E-state index is 0.0204. The molecule has 5 nitrogen and oxygen atoms in total. The van der Waals surface area contributed by atoms with E-state index in [2.05, 4.69) is 6.07 Å². The minimum atomic E-state index is -0.346. The lowest BCUT2D eigenvalue weighted by Gasteiger charge is -2.37. The van der Waals surface area contributed by atoms with Crippen LogP contribution in [-0.2, 0) is 16.0 Å². The molecule has 2 fully saturated rings. The fourth-order valence-corrected chi connectivity index (χ4v) is 5.95. The third kappa shape index (κ3) is 4.53. The third-order valence-electron chi connectivity index (χ3n) is 6.90. The number of carbonyl (C=O) groups excluding carboxylic acids is 2. The Morgan fingerprint density at radius 2 is 1.97 bits per heavy atom. The molecule has 2 amide bonds. The van der Waals surface area contributed by atoms with Crippen molar-refractivity contribution in [3.8, 4) is 5.75 Å². The van der Waals surface area contributed by atoms with Gasteiger partial charge in [-0.2, -0.15) is 0 Å². The summed E-state index contributed by atoms with van der Waals surface area (Å²) in [5.74, 6) is 0.337. The Hall–Kier alpha value is -2.41. The fraction of sp³-hybridized carbons (Fsp3) is 0.520. The van der Waals surface area contributed by atoms with Gasteiger partial charge in [-0.05, 0) is 61.2 Å². The topological polar surface area (TPSA) is 49.9 Å². The molecule has 7 heteroatoms. The monoisotopic (exact) mass is 456 g/mol. The molecule has 1 unspecified atom stereocenters. The zero-order valence-corrected chi connectivity index (χ0v) is 19.0. The van der Waals surface area contributed by atoms with Crippen molar-refractivity contribution < 1.29 is 18.7 Å². The molecule has 32 heavy (non-hydrogen) atoms. The molecule has 0 N–H and O–H groups in total. The van der Waals surface area contributed by atoms with E-state index in [4.69, 9.17) is 4.74 Å². The highest BCUT2D eigenvalue weighted by Crippen LogP contribution is 2.36. The Kier molecular flexibility index (Phi) is 6.17. The summed E-state index contributed by atoms with van der Waals surface area (Å²) in [6.45, 7) is 1.02. The van der Waals surface area contributed by atoms with Gasteiger partial charge in [-0.3, -0.25) is 9.59 Å². The van der Waals surface area contributed by atoms with Crippen molar-refractivity contribution in [1.29, 1.82) is 0 Å². The summed E-state index contributed by atoms with van der Waals surface area (Å²) in [4.78, 5) is 31.6. The van der Waals surface area contributed by atoms with Crippen LogP contribution in [0.5, 0.6) is 5.75 Å². The quantitative estimate of drug-likeness (QED) is 0.613. The first kappa shape index (κ1) is 21.4. The van der Waals surface area contributed by atoms with Gasteiger partial charge in [-0.1, -0.05) is 18.9 Å². The van der Waals surface area contributed by atoms with E-state index in [9.17, 15) is 14.0 Å². The van der Waals surface area contributed by atoms with Gasteiger partial charge in [-0.25, -0.2) is 4.39 Å². The average molecular weight is 457 g/mol. The maximum absolute atomic E-state index is 13.6. The lowest BCUT2D eigenvalue weighted by Crippen LogP contribution is -2.49. The summed E-state index contributed by atoms with van der Waals surface area (Å²) in [6, 6.07) is 8.13. The maximum Gasteiger partial charge on any atom is 0.242 e. The van der Waals surface area contributed by atoms with E-state index in [1.54, 1.807) is 23.5 Å². The number of amides is 2. The molecular weight excluding hydrogens is 427 g/mol. The number of nitrogens with zero attached hydrogens (tertiary/aromatic N) is 2. The van der Waals surface area contributed by atoms with Crippen molar-refractivity contribution in [2.45, 2.75) is 57.0 Å². The van der Waals surface area contributed by atoms with Crippen molar-refractivity contribution in [1.82, 2.24) is 9.80 Å². The van der Waals surface area contributed by atoms with Crippen LogP contribution >= 0.6 is 11.3 Å². The van der Waals surface area contributed by atoms with E-state index in [1.807, 2.05) is 15.2 Å². The number of rotatable bonds is 7. The number of carbonyl (C=O) groups is 2. The van der Waals surface area contributed by atoms with Crippen LogP contribution in [0, 0.1) is 11.7 Å². The van der Waals surface area contributed by atoms with Crippen LogP contribution in [0.4, 0.5) is 4.39 Å². The van der Waals surface area contributed by atoms with Crippen LogP contribution in [0.1, 0.15) is 55.0 Å². The zero-order valence-electron chi connectivity index (χ0n) is 18.2. The van der Waals surface area contributed by atoms with E-state index >= 15 is 0 Å². The van der Waals surface area contributed by atoms with Crippen molar-refractivity contribution >= 4 is 23.2 Å². The van der Waals surface area contributed by atoms with Gasteiger partial charge in [0, 0.05) is 29.4 Å². The predicted octanol–water partition coefficient (Wildman–Crippen LogP) is 4.57. The lowest BCUT2D eigenvalue weighted by molar-refractivity contribution is -0.145. The Balaban J connectivity index is 1.32. The second kappa shape index (κ2) is 9.22. The fourth-order valence-electron chi connectivity index (χ4n) is 5.02. The molecule has 2 aliphatic carbocycles. The molecule has 1 aromatic carbocycles. The summed E-state index contributed by atoms with van der Waals surface area (Å²) < 4.78 is 19.5. The van der Waals surface area contributed by atoms with Crippen LogP contribution in [0.15, 0.2) is 35.7 Å². The van der Waals surface area contributed by atoms with Crippen LogP contribution in [0.25, 0.3) is 0 Å². The largest absolute Gasteiger partial charge is 0.491 e. The van der Waals surface area contributed by atoms with Gasteiger partial charge in [0.25, 0.3) is 0 Å². The molecule has 5 rings (SSSR count). The number of halogens is 1. The van der Waals surface area contributed by atoms with E-state index in [1.165, 1.54) is 17.0 Å². The standard InChI is InChI=1S/C25H29FN2O3S/c26-18-6-3-7-20(14-18)31-16-22-21-11-13-32-23(21)10-12-27(22)24(29)15-28(19-8-9-19)25(30)17-4-1-2-5-17/h3,6-7,11,13-14,17,19,22H,1-2,4-5,8-10,12,15-16H2. The molecule has 2 aromatic rings. The van der Waals surface area contributed by atoms with Gasteiger partial charge in [0.15, 0.2) is 0 Å². The summed E-state index contributed by atoms with van der Waals surface area (Å²) in [7, 11) is 0. The Labute approximate surface area is 192 Å². The van der Waals surface area contributed by atoms with E-state index in [0.29, 0.717) is 12.3 Å². The van der Waals surface area contributed by atoms with Crippen LogP contribution in [0.3, 0.4) is 0 Å². The second-order valence-electron chi connectivity index (χ2n) is 9.10. The zero-order chi connectivity index (χ0) is 22.1. The second-order valence-corrected chi connectivity index (χ2v) is 10.1. The van der Waals surface area contributed by atoms with E-state index < -0.39 is 0 Å². The molecule has 3 aliphatic rings. The Bertz CT molecular complexity index is 983. The number of hydrogen-bond donors (Lipinski definition) is 0. The predicted molar refractivity (Wildman–Crippen MR) is 121 cm³/mol. The summed E-state index contributed by atoms with van der Waals surface area (Å²) >= 11 is 1.70. The highest BCUT2D eigenvalue weighted by Gasteiger charge is 2.40. The molecule has 0 radical (unpaired) electrons. The normalized spacial score (nSPS) is 20.8. The number of hydrogen-bond acceptors (Lipinski definition) is 4. The maximum atomic E-state index is 13.6. The third-order valence-corrected chi connectivity index (χ3v) is 7.90. The van der Waals surface area contributed by atoms with Gasteiger partial charge in [0.1, 0.15) is 24.7 Å². The van der Waals surface area contributed by atoms with Crippen molar-refractivity contribution in [3.05, 3.63) is 52.0 Å². The number of benzene rings is 1. The van der Waals surface area contributed by atoms with E-state index in [-0.39, 0.29) is 48.8 Å². The highest BCUT2D eigenvalue weighted by molar-refractivity contribution is 7.10. The Morgan fingerprint density at radius 1 is 1.16 bits per heavy atom. The first-order valence-corrected chi connectivity index (χ1v) is 12.5. The molecule has 170 valence electrons. The molecule has 0 saturated heterocycles. The molecule has 2 saturated carbocycles. The van der Waals surface area contributed by atoms with Gasteiger partial charge >= 0.3 is 0 Å². The highest BCUT2D eigenvalue weighted by atomic mass is 32.1. The van der Waals surface area contributed by atoms with Crippen molar-refractivity contribution in [2.75, 3.05) is 19.7 Å². The first-order chi connectivity index (χ1) is 15.6.